The van der Waals surface area contributed by atoms with E-state index in [2.05, 4.69) is 67.5 Å². The second-order valence-corrected chi connectivity index (χ2v) is 5.57. The quantitative estimate of drug-likeness (QED) is 0.710. The minimum atomic E-state index is 0.593. The van der Waals surface area contributed by atoms with Crippen LogP contribution in [0.4, 0.5) is 0 Å². The summed E-state index contributed by atoms with van der Waals surface area (Å²) in [5.74, 6) is 1.30. The highest BCUT2D eigenvalue weighted by Crippen LogP contribution is 2.33. The Morgan fingerprint density at radius 3 is 2.63 bits per heavy atom. The first-order chi connectivity index (χ1) is 9.26. The van der Waals surface area contributed by atoms with Gasteiger partial charge in [0.2, 0.25) is 0 Å². The van der Waals surface area contributed by atoms with Crippen LogP contribution in [0.5, 0.6) is 0 Å². The number of hydrogen-bond acceptors (Lipinski definition) is 1. The van der Waals surface area contributed by atoms with E-state index in [0.717, 1.165) is 13.0 Å². The third kappa shape index (κ3) is 3.36. The number of likely N-dealkylation sites (tertiary alicyclic amines) is 1. The Morgan fingerprint density at radius 2 is 2.00 bits per heavy atom. The molecule has 1 nitrogen and oxygen atoms in total. The molecule has 0 aliphatic carbocycles. The van der Waals surface area contributed by atoms with Crippen LogP contribution in [0.3, 0.4) is 0 Å². The van der Waals surface area contributed by atoms with Gasteiger partial charge in [-0.25, -0.2) is 0 Å². The van der Waals surface area contributed by atoms with Crippen molar-refractivity contribution in [2.45, 2.75) is 32.4 Å². The molecule has 1 heteroatoms. The van der Waals surface area contributed by atoms with Crippen molar-refractivity contribution in [3.8, 4) is 0 Å². The fourth-order valence-electron chi connectivity index (χ4n) is 3.26. The Kier molecular flexibility index (Phi) is 4.98. The molecular weight excluding hydrogens is 230 g/mol. The van der Waals surface area contributed by atoms with Gasteiger partial charge in [0.25, 0.3) is 0 Å². The van der Waals surface area contributed by atoms with Crippen LogP contribution in [0.25, 0.3) is 0 Å². The smallest absolute Gasteiger partial charge is 0.0236 e. The lowest BCUT2D eigenvalue weighted by atomic mass is 9.78. The summed E-state index contributed by atoms with van der Waals surface area (Å²) in [7, 11) is 0. The molecule has 1 aromatic rings. The topological polar surface area (TPSA) is 3.24 Å². The van der Waals surface area contributed by atoms with Crippen molar-refractivity contribution in [3.63, 3.8) is 0 Å². The van der Waals surface area contributed by atoms with E-state index in [1.54, 1.807) is 0 Å². The molecule has 3 atom stereocenters. The third-order valence-corrected chi connectivity index (χ3v) is 4.47. The predicted octanol–water partition coefficient (Wildman–Crippen LogP) is 4.28. The van der Waals surface area contributed by atoms with Gasteiger partial charge in [-0.2, -0.15) is 0 Å². The second-order valence-electron chi connectivity index (χ2n) is 5.57. The van der Waals surface area contributed by atoms with E-state index < -0.39 is 0 Å². The highest BCUT2D eigenvalue weighted by Gasteiger charge is 2.32. The lowest BCUT2D eigenvalue weighted by molar-refractivity contribution is 0.0712. The Bertz CT molecular complexity index is 409. The number of rotatable bonds is 5. The molecule has 1 heterocycles. The lowest BCUT2D eigenvalue weighted by Gasteiger charge is -2.43. The Hall–Kier alpha value is -1.34. The average molecular weight is 255 g/mol. The molecule has 0 unspecified atom stereocenters. The summed E-state index contributed by atoms with van der Waals surface area (Å²) in [5.41, 5.74) is 1.41. The minimum absolute atomic E-state index is 0.593. The van der Waals surface area contributed by atoms with Gasteiger partial charge < -0.3 is 0 Å². The molecule has 0 aromatic heterocycles. The van der Waals surface area contributed by atoms with Crippen molar-refractivity contribution in [3.05, 3.63) is 61.2 Å². The van der Waals surface area contributed by atoms with E-state index in [-0.39, 0.29) is 0 Å². The van der Waals surface area contributed by atoms with Gasteiger partial charge in [0.15, 0.2) is 0 Å². The van der Waals surface area contributed by atoms with Crippen LogP contribution >= 0.6 is 0 Å². The molecule has 0 radical (unpaired) electrons. The van der Waals surface area contributed by atoms with Gasteiger partial charge >= 0.3 is 0 Å². The highest BCUT2D eigenvalue weighted by atomic mass is 15.2. The summed E-state index contributed by atoms with van der Waals surface area (Å²) in [6.45, 7) is 12.5. The number of piperidine rings is 1. The molecule has 1 aliphatic heterocycles. The van der Waals surface area contributed by atoms with Crippen molar-refractivity contribution in [1.82, 2.24) is 4.90 Å². The number of benzene rings is 1. The molecule has 0 bridgehead atoms. The van der Waals surface area contributed by atoms with Gasteiger partial charge in [-0.05, 0) is 43.7 Å². The van der Waals surface area contributed by atoms with Gasteiger partial charge in [-0.3, -0.25) is 4.90 Å². The molecule has 19 heavy (non-hydrogen) atoms. The summed E-state index contributed by atoms with van der Waals surface area (Å²) in [5, 5.41) is 0. The van der Waals surface area contributed by atoms with E-state index in [1.165, 1.54) is 18.5 Å². The van der Waals surface area contributed by atoms with Crippen molar-refractivity contribution in [2.75, 3.05) is 6.54 Å². The summed E-state index contributed by atoms with van der Waals surface area (Å²) >= 11 is 0. The van der Waals surface area contributed by atoms with Crippen molar-refractivity contribution in [1.29, 1.82) is 0 Å². The standard InChI is InChI=1S/C18H25N/c1-4-9-18-15(3)19(13-12-17(18)5-2)14-16-10-7-6-8-11-16/h4-8,10-11,15,17-18H,1-2,9,12-14H2,3H3/t15-,17-,18-/m0/s1. The molecule has 1 fully saturated rings. The van der Waals surface area contributed by atoms with Crippen molar-refractivity contribution < 1.29 is 0 Å². The molecule has 0 N–H and O–H groups in total. The van der Waals surface area contributed by atoms with Gasteiger partial charge in [0.05, 0.1) is 0 Å². The van der Waals surface area contributed by atoms with Crippen LogP contribution in [0.15, 0.2) is 55.6 Å². The van der Waals surface area contributed by atoms with E-state index in [4.69, 9.17) is 0 Å². The van der Waals surface area contributed by atoms with Crippen LogP contribution in [-0.2, 0) is 6.54 Å². The monoisotopic (exact) mass is 255 g/mol. The van der Waals surface area contributed by atoms with Crippen LogP contribution < -0.4 is 0 Å². The predicted molar refractivity (Wildman–Crippen MR) is 82.9 cm³/mol. The van der Waals surface area contributed by atoms with E-state index in [1.807, 2.05) is 0 Å². The molecule has 1 aromatic carbocycles. The van der Waals surface area contributed by atoms with Crippen LogP contribution in [-0.4, -0.2) is 17.5 Å². The first-order valence-electron chi connectivity index (χ1n) is 7.27. The SMILES string of the molecule is C=CC[C@@H]1[C@@H](C=C)CCN(Cc2ccccc2)[C@H]1C. The van der Waals surface area contributed by atoms with E-state index in [9.17, 15) is 0 Å². The lowest BCUT2D eigenvalue weighted by Crippen LogP contribution is -2.46. The van der Waals surface area contributed by atoms with Crippen LogP contribution in [0.2, 0.25) is 0 Å². The molecule has 0 saturated carbocycles. The summed E-state index contributed by atoms with van der Waals surface area (Å²) in [6, 6.07) is 11.4. The van der Waals surface area contributed by atoms with E-state index in [0.29, 0.717) is 17.9 Å². The molecule has 1 aliphatic rings. The molecule has 1 saturated heterocycles. The number of hydrogen-bond donors (Lipinski definition) is 0. The Labute approximate surface area is 117 Å². The molecular formula is C18H25N. The van der Waals surface area contributed by atoms with E-state index >= 15 is 0 Å². The van der Waals surface area contributed by atoms with Crippen LogP contribution in [0, 0.1) is 11.8 Å². The number of nitrogens with zero attached hydrogens (tertiary/aromatic N) is 1. The third-order valence-electron chi connectivity index (χ3n) is 4.47. The van der Waals surface area contributed by atoms with Gasteiger partial charge in [0, 0.05) is 12.6 Å². The fraction of sp³-hybridized carbons (Fsp3) is 0.444. The van der Waals surface area contributed by atoms with Crippen molar-refractivity contribution in [2.24, 2.45) is 11.8 Å². The minimum Gasteiger partial charge on any atom is -0.296 e. The van der Waals surface area contributed by atoms with Crippen LogP contribution in [0.1, 0.15) is 25.3 Å². The first kappa shape index (κ1) is 14.1. The van der Waals surface area contributed by atoms with Gasteiger partial charge in [-0.15, -0.1) is 13.2 Å². The maximum Gasteiger partial charge on any atom is 0.0236 e. The van der Waals surface area contributed by atoms with Crippen molar-refractivity contribution >= 4 is 0 Å². The Balaban J connectivity index is 2.06. The molecule has 0 spiro atoms. The maximum atomic E-state index is 4.01. The zero-order valence-electron chi connectivity index (χ0n) is 12.0. The first-order valence-corrected chi connectivity index (χ1v) is 7.27. The average Bonchev–Trinajstić information content (AvgIpc) is 2.45. The molecule has 0 amide bonds. The summed E-state index contributed by atoms with van der Waals surface area (Å²) < 4.78 is 0. The Morgan fingerprint density at radius 1 is 1.26 bits per heavy atom. The largest absolute Gasteiger partial charge is 0.296 e. The zero-order chi connectivity index (χ0) is 13.7. The highest BCUT2D eigenvalue weighted by molar-refractivity contribution is 5.15. The van der Waals surface area contributed by atoms with Gasteiger partial charge in [0.1, 0.15) is 0 Å². The molecule has 102 valence electrons. The summed E-state index contributed by atoms with van der Waals surface area (Å²) in [4.78, 5) is 2.60. The second kappa shape index (κ2) is 6.72. The van der Waals surface area contributed by atoms with Gasteiger partial charge in [-0.1, -0.05) is 42.5 Å². The summed E-state index contributed by atoms with van der Waals surface area (Å²) in [6.07, 6.45) is 6.51. The fourth-order valence-corrected chi connectivity index (χ4v) is 3.26. The zero-order valence-corrected chi connectivity index (χ0v) is 12.0. The molecule has 2 rings (SSSR count). The normalized spacial score (nSPS) is 27.9. The maximum absolute atomic E-state index is 4.01. The number of allylic oxidation sites excluding steroid dienone is 2.